The van der Waals surface area contributed by atoms with Gasteiger partial charge in [0, 0.05) is 6.42 Å². The van der Waals surface area contributed by atoms with Crippen molar-refractivity contribution < 1.29 is 32.9 Å². The summed E-state index contributed by atoms with van der Waals surface area (Å²) in [6, 6.07) is -0.916. The molecule has 8 nitrogen and oxygen atoms in total. The van der Waals surface area contributed by atoms with Crippen LogP contribution in [0.15, 0.2) is 85.1 Å². The van der Waals surface area contributed by atoms with Crippen LogP contribution in [0.1, 0.15) is 245 Å². The summed E-state index contributed by atoms with van der Waals surface area (Å²) in [4.78, 5) is 25.5. The van der Waals surface area contributed by atoms with Crippen LogP contribution in [0, 0.1) is 0 Å². The molecule has 3 unspecified atom stereocenters. The van der Waals surface area contributed by atoms with Gasteiger partial charge in [-0.3, -0.25) is 9.36 Å². The molecule has 0 aromatic heterocycles. The lowest BCUT2D eigenvalue weighted by Gasteiger charge is -2.29. The highest BCUT2D eigenvalue weighted by Gasteiger charge is 2.23. The van der Waals surface area contributed by atoms with Crippen LogP contribution in [0.3, 0.4) is 0 Å². The van der Waals surface area contributed by atoms with Crippen LogP contribution in [0.2, 0.25) is 0 Å². The van der Waals surface area contributed by atoms with Crippen molar-refractivity contribution in [2.24, 2.45) is 0 Å². The van der Waals surface area contributed by atoms with Gasteiger partial charge in [-0.05, 0) is 83.5 Å². The summed E-state index contributed by atoms with van der Waals surface area (Å²) in [6.45, 7) is 4.52. The number of nitrogens with one attached hydrogen (secondary N) is 1. The number of carbonyl (C=O) groups excluding carboxylic acids is 1. The molecular weight excluding hydrogens is 888 g/mol. The quantitative estimate of drug-likeness (QED) is 0.0272. The summed E-state index contributed by atoms with van der Waals surface area (Å²) < 4.78 is 23.3. The number of nitrogens with zero attached hydrogens (tertiary/aromatic N) is 1. The highest BCUT2D eigenvalue weighted by molar-refractivity contribution is 7.45. The number of aliphatic hydroxyl groups excluding tert-OH is 1. The van der Waals surface area contributed by atoms with Crippen molar-refractivity contribution in [2.75, 3.05) is 40.9 Å². The maximum absolute atomic E-state index is 13.0. The van der Waals surface area contributed by atoms with Gasteiger partial charge in [0.1, 0.15) is 13.2 Å². The van der Waals surface area contributed by atoms with Crippen molar-refractivity contribution >= 4 is 13.7 Å². The maximum Gasteiger partial charge on any atom is 0.268 e. The molecule has 0 bridgehead atoms. The molecule has 0 aliphatic heterocycles. The van der Waals surface area contributed by atoms with Crippen molar-refractivity contribution in [2.45, 2.75) is 257 Å². The first kappa shape index (κ1) is 67.7. The Bertz CT molecular complexity index is 1410. The second-order valence-corrected chi connectivity index (χ2v) is 22.0. The van der Waals surface area contributed by atoms with Gasteiger partial charge in [0.05, 0.1) is 39.9 Å². The molecule has 0 radical (unpaired) electrons. The highest BCUT2D eigenvalue weighted by atomic mass is 31.2. The molecule has 1 amide bonds. The zero-order valence-electron chi connectivity index (χ0n) is 46.2. The van der Waals surface area contributed by atoms with E-state index >= 15 is 0 Å². The number of amides is 1. The molecule has 0 spiro atoms. The standard InChI is InChI=1S/C61H111N2O6P/c1-6-8-10-12-14-16-18-20-22-24-26-28-30-31-33-35-37-39-41-43-45-47-49-51-53-55-61(65)62-59(58-69-70(66,67)68-57-56-63(3,4)5)60(64)54-52-50-48-46-44-42-40-38-36-34-32-29-27-25-23-21-19-17-15-13-11-9-7-2/h8,10,14,16,20,22,26,28,36,38,44,46,52,54,59-60,64H,6-7,9,11-13,15,17-19,21,23-25,27,29-35,37,39-43,45,47-51,53,55-58H2,1-5H3,(H-,62,65,66,67)/b10-8-,16-14-,22-20-,28-26-,38-36+,46-44+,54-52+. The Morgan fingerprint density at radius 1 is 0.514 bits per heavy atom. The van der Waals surface area contributed by atoms with E-state index in [9.17, 15) is 19.4 Å². The SMILES string of the molecule is CC/C=C\C/C=C\C/C=C\C/C=C\CCCCCCCCCCCCCCC(=O)NC(COP(=O)([O-])OCC[N+](C)(C)C)C(O)/C=C/CC/C=C/CC/C=C/CCCCCCCCCCCCCCC. The molecule has 406 valence electrons. The monoisotopic (exact) mass is 999 g/mol. The Kier molecular flexibility index (Phi) is 49.9. The number of unbranched alkanes of at least 4 members (excludes halogenated alkanes) is 27. The molecule has 9 heteroatoms. The lowest BCUT2D eigenvalue weighted by atomic mass is 10.0. The third-order valence-corrected chi connectivity index (χ3v) is 13.5. The van der Waals surface area contributed by atoms with E-state index in [2.05, 4.69) is 92.1 Å². The lowest BCUT2D eigenvalue weighted by molar-refractivity contribution is -0.870. The van der Waals surface area contributed by atoms with Crippen LogP contribution >= 0.6 is 7.82 Å². The normalized spacial score (nSPS) is 14.6. The summed E-state index contributed by atoms with van der Waals surface area (Å²) in [5.74, 6) is -0.215. The Balaban J connectivity index is 4.29. The lowest BCUT2D eigenvalue weighted by Crippen LogP contribution is -2.45. The summed E-state index contributed by atoms with van der Waals surface area (Å²) in [5, 5.41) is 13.9. The minimum absolute atomic E-state index is 0.0126. The first-order chi connectivity index (χ1) is 34.0. The van der Waals surface area contributed by atoms with Gasteiger partial charge in [-0.25, -0.2) is 0 Å². The largest absolute Gasteiger partial charge is 0.756 e. The third kappa shape index (κ3) is 53.5. The molecule has 3 atom stereocenters. The van der Waals surface area contributed by atoms with Gasteiger partial charge in [0.2, 0.25) is 5.91 Å². The number of phosphoric ester groups is 1. The highest BCUT2D eigenvalue weighted by Crippen LogP contribution is 2.38. The van der Waals surface area contributed by atoms with E-state index in [1.807, 2.05) is 27.2 Å². The number of likely N-dealkylation sites (N-methyl/N-ethyl adjacent to an activating group) is 1. The molecule has 0 aliphatic carbocycles. The van der Waals surface area contributed by atoms with E-state index in [-0.39, 0.29) is 12.5 Å². The first-order valence-electron chi connectivity index (χ1n) is 28.9. The number of allylic oxidation sites excluding steroid dienone is 13. The second kappa shape index (κ2) is 51.6. The average Bonchev–Trinajstić information content (AvgIpc) is 3.32. The zero-order chi connectivity index (χ0) is 51.3. The van der Waals surface area contributed by atoms with Crippen LogP contribution in [0.4, 0.5) is 0 Å². The summed E-state index contributed by atoms with van der Waals surface area (Å²) in [7, 11) is 1.23. The van der Waals surface area contributed by atoms with Crippen molar-refractivity contribution in [3.8, 4) is 0 Å². The van der Waals surface area contributed by atoms with Crippen LogP contribution < -0.4 is 10.2 Å². The average molecular weight is 1000 g/mol. The van der Waals surface area contributed by atoms with E-state index in [0.29, 0.717) is 17.4 Å². The second-order valence-electron chi connectivity index (χ2n) is 20.6. The van der Waals surface area contributed by atoms with E-state index in [1.54, 1.807) is 6.08 Å². The molecule has 0 aliphatic rings. The van der Waals surface area contributed by atoms with Crippen molar-refractivity contribution in [1.29, 1.82) is 0 Å². The number of aliphatic hydroxyl groups is 1. The smallest absolute Gasteiger partial charge is 0.268 e. The molecule has 0 fully saturated rings. The van der Waals surface area contributed by atoms with Gasteiger partial charge in [-0.15, -0.1) is 0 Å². The Morgan fingerprint density at radius 2 is 0.886 bits per heavy atom. The fraction of sp³-hybridized carbons (Fsp3) is 0.754. The maximum atomic E-state index is 13.0. The molecule has 2 N–H and O–H groups in total. The van der Waals surface area contributed by atoms with Crippen molar-refractivity contribution in [1.82, 2.24) is 5.32 Å². The van der Waals surface area contributed by atoms with Crippen LogP contribution in [0.25, 0.3) is 0 Å². The Hall–Kier alpha value is -2.32. The topological polar surface area (TPSA) is 108 Å². The summed E-state index contributed by atoms with van der Waals surface area (Å²) >= 11 is 0. The van der Waals surface area contributed by atoms with Gasteiger partial charge in [0.15, 0.2) is 0 Å². The number of quaternary nitrogens is 1. The number of phosphoric acid groups is 1. The molecule has 0 saturated carbocycles. The van der Waals surface area contributed by atoms with Crippen LogP contribution in [-0.4, -0.2) is 68.5 Å². The van der Waals surface area contributed by atoms with Gasteiger partial charge >= 0.3 is 0 Å². The number of hydrogen-bond donors (Lipinski definition) is 2. The summed E-state index contributed by atoms with van der Waals surface area (Å²) in [5.41, 5.74) is 0. The molecule has 0 aromatic carbocycles. The fourth-order valence-corrected chi connectivity index (χ4v) is 8.78. The van der Waals surface area contributed by atoms with Crippen LogP contribution in [0.5, 0.6) is 0 Å². The molecule has 70 heavy (non-hydrogen) atoms. The minimum Gasteiger partial charge on any atom is -0.756 e. The van der Waals surface area contributed by atoms with Gasteiger partial charge < -0.3 is 28.8 Å². The Morgan fingerprint density at radius 3 is 1.33 bits per heavy atom. The predicted molar refractivity (Wildman–Crippen MR) is 302 cm³/mol. The number of rotatable bonds is 52. The first-order valence-corrected chi connectivity index (χ1v) is 30.4. The van der Waals surface area contributed by atoms with E-state index < -0.39 is 26.6 Å². The zero-order valence-corrected chi connectivity index (χ0v) is 47.1. The third-order valence-electron chi connectivity index (χ3n) is 12.6. The van der Waals surface area contributed by atoms with E-state index in [1.165, 1.54) is 154 Å². The molecule has 0 rings (SSSR count). The van der Waals surface area contributed by atoms with Crippen LogP contribution in [-0.2, 0) is 18.4 Å². The van der Waals surface area contributed by atoms with Gasteiger partial charge in [0.25, 0.3) is 7.82 Å². The van der Waals surface area contributed by atoms with Crippen molar-refractivity contribution in [3.05, 3.63) is 85.1 Å². The molecule has 0 heterocycles. The van der Waals surface area contributed by atoms with Crippen molar-refractivity contribution in [3.63, 3.8) is 0 Å². The summed E-state index contributed by atoms with van der Waals surface area (Å²) in [6.07, 6.45) is 72.3. The van der Waals surface area contributed by atoms with E-state index in [4.69, 9.17) is 9.05 Å². The van der Waals surface area contributed by atoms with Gasteiger partial charge in [-0.1, -0.05) is 240 Å². The molecular formula is C61H111N2O6P. The van der Waals surface area contributed by atoms with E-state index in [0.717, 1.165) is 70.6 Å². The number of hydrogen-bond acceptors (Lipinski definition) is 6. The van der Waals surface area contributed by atoms with Gasteiger partial charge in [-0.2, -0.15) is 0 Å². The Labute approximate surface area is 433 Å². The number of carbonyl (C=O) groups is 1. The minimum atomic E-state index is -4.61. The molecule has 0 saturated heterocycles. The predicted octanol–water partition coefficient (Wildman–Crippen LogP) is 17.0. The fourth-order valence-electron chi connectivity index (χ4n) is 8.06. The molecule has 0 aromatic rings.